The third-order valence-electron chi connectivity index (χ3n) is 3.23. The van der Waals surface area contributed by atoms with Crippen LogP contribution in [-0.4, -0.2) is 49.7 Å². The highest BCUT2D eigenvalue weighted by Gasteiger charge is 2.45. The Kier molecular flexibility index (Phi) is 2.85. The van der Waals surface area contributed by atoms with E-state index < -0.39 is 31.2 Å². The number of nitrogens with zero attached hydrogens (tertiary/aromatic N) is 3. The van der Waals surface area contributed by atoms with E-state index >= 15 is 0 Å². The fraction of sp³-hybridized carbons (Fsp3) is 0.455. The van der Waals surface area contributed by atoms with Gasteiger partial charge in [0.1, 0.15) is 23.5 Å². The summed E-state index contributed by atoms with van der Waals surface area (Å²) in [4.78, 5) is 7.96. The molecule has 0 amide bonds. The lowest BCUT2D eigenvalue weighted by Crippen LogP contribution is -2.30. The quantitative estimate of drug-likeness (QED) is 0.684. The second-order valence-electron chi connectivity index (χ2n) is 4.43. The number of aliphatic hydroxyl groups is 2. The number of ether oxygens (including phenoxy) is 1. The Morgan fingerprint density at radius 3 is 2.95 bits per heavy atom. The fourth-order valence-electron chi connectivity index (χ4n) is 2.23. The number of nitrogens with two attached hydrogens (primary N) is 1. The van der Waals surface area contributed by atoms with Crippen LogP contribution in [0.15, 0.2) is 18.6 Å². The van der Waals surface area contributed by atoms with Crippen molar-refractivity contribution in [2.24, 2.45) is 0 Å². The van der Waals surface area contributed by atoms with E-state index in [9.17, 15) is 9.50 Å². The third-order valence-corrected chi connectivity index (χ3v) is 3.23. The summed E-state index contributed by atoms with van der Waals surface area (Å²) in [6.45, 7) is -0.450. The molecule has 2 aromatic rings. The van der Waals surface area contributed by atoms with Crippen molar-refractivity contribution in [1.29, 1.82) is 0 Å². The Hall–Kier alpha value is -1.77. The lowest BCUT2D eigenvalue weighted by molar-refractivity contribution is -0.0457. The predicted molar refractivity (Wildman–Crippen MR) is 63.8 cm³/mol. The number of pyridine rings is 1. The number of alkyl halides is 1. The Balaban J connectivity index is 2.03. The molecule has 0 unspecified atom stereocenters. The van der Waals surface area contributed by atoms with E-state index in [1.165, 1.54) is 17.1 Å². The second-order valence-corrected chi connectivity index (χ2v) is 4.43. The van der Waals surface area contributed by atoms with Gasteiger partial charge in [0.25, 0.3) is 0 Å². The molecule has 1 aliphatic heterocycles. The summed E-state index contributed by atoms with van der Waals surface area (Å²) in [5.41, 5.74) is 6.70. The van der Waals surface area contributed by atoms with Gasteiger partial charge in [-0.05, 0) is 0 Å². The summed E-state index contributed by atoms with van der Waals surface area (Å²) in [5, 5.41) is 18.6. The second kappa shape index (κ2) is 4.41. The summed E-state index contributed by atoms with van der Waals surface area (Å²) in [7, 11) is 0. The molecule has 8 heteroatoms. The number of aliphatic hydroxyl groups excluding tert-OH is 2. The van der Waals surface area contributed by atoms with Gasteiger partial charge in [-0.1, -0.05) is 0 Å². The van der Waals surface area contributed by atoms with Crippen molar-refractivity contribution in [3.05, 3.63) is 18.6 Å². The molecule has 1 saturated heterocycles. The lowest BCUT2D eigenvalue weighted by atomic mass is 10.1. The fourth-order valence-corrected chi connectivity index (χ4v) is 2.23. The Labute approximate surface area is 107 Å². The smallest absolute Gasteiger partial charge is 0.173 e. The molecule has 0 aliphatic carbocycles. The minimum absolute atomic E-state index is 0.280. The van der Waals surface area contributed by atoms with E-state index in [0.29, 0.717) is 11.0 Å². The van der Waals surface area contributed by atoms with E-state index in [0.717, 1.165) is 0 Å². The minimum Gasteiger partial charge on any atom is -0.394 e. The molecule has 2 aromatic heterocycles. The van der Waals surface area contributed by atoms with Crippen LogP contribution in [0.3, 0.4) is 0 Å². The van der Waals surface area contributed by atoms with Crippen molar-refractivity contribution >= 4 is 16.9 Å². The number of anilines is 1. The van der Waals surface area contributed by atoms with Crippen LogP contribution in [0.1, 0.15) is 6.23 Å². The molecule has 3 heterocycles. The molecule has 0 spiro atoms. The van der Waals surface area contributed by atoms with Crippen LogP contribution in [0, 0.1) is 0 Å². The van der Waals surface area contributed by atoms with Gasteiger partial charge in [-0.2, -0.15) is 0 Å². The van der Waals surface area contributed by atoms with E-state index in [-0.39, 0.29) is 5.82 Å². The third kappa shape index (κ3) is 1.84. The highest BCUT2D eigenvalue weighted by atomic mass is 19.1. The predicted octanol–water partition coefficient (Wildman–Crippen LogP) is -0.398. The van der Waals surface area contributed by atoms with Crippen molar-refractivity contribution in [2.45, 2.75) is 24.6 Å². The van der Waals surface area contributed by atoms with Gasteiger partial charge in [-0.25, -0.2) is 14.4 Å². The lowest BCUT2D eigenvalue weighted by Gasteiger charge is -2.15. The molecular weight excluding hydrogens is 255 g/mol. The number of aromatic nitrogens is 3. The van der Waals surface area contributed by atoms with Crippen LogP contribution in [-0.2, 0) is 4.74 Å². The highest BCUT2D eigenvalue weighted by Crippen LogP contribution is 2.33. The maximum Gasteiger partial charge on any atom is 0.173 e. The number of hydrogen-bond acceptors (Lipinski definition) is 6. The van der Waals surface area contributed by atoms with E-state index in [1.54, 1.807) is 6.07 Å². The average Bonchev–Trinajstić information content (AvgIpc) is 2.92. The Bertz CT molecular complexity index is 605. The monoisotopic (exact) mass is 268 g/mol. The van der Waals surface area contributed by atoms with Gasteiger partial charge in [-0.15, -0.1) is 0 Å². The summed E-state index contributed by atoms with van der Waals surface area (Å²) in [6.07, 6.45) is -2.13. The first-order chi connectivity index (χ1) is 9.11. The van der Waals surface area contributed by atoms with Crippen molar-refractivity contribution in [3.63, 3.8) is 0 Å². The summed E-state index contributed by atoms with van der Waals surface area (Å²) >= 11 is 0. The number of fused-ring (bicyclic) bond motifs is 1. The maximum absolute atomic E-state index is 14.0. The zero-order valence-electron chi connectivity index (χ0n) is 9.85. The Morgan fingerprint density at radius 2 is 2.26 bits per heavy atom. The topological polar surface area (TPSA) is 106 Å². The maximum atomic E-state index is 14.0. The highest BCUT2D eigenvalue weighted by molar-refractivity contribution is 5.76. The van der Waals surface area contributed by atoms with Gasteiger partial charge >= 0.3 is 0 Å². The van der Waals surface area contributed by atoms with Crippen LogP contribution in [0.2, 0.25) is 0 Å². The molecule has 1 fully saturated rings. The molecule has 0 bridgehead atoms. The van der Waals surface area contributed by atoms with Crippen LogP contribution in [0.4, 0.5) is 10.2 Å². The summed E-state index contributed by atoms with van der Waals surface area (Å²) in [5.74, 6) is 0.280. The minimum atomic E-state index is -1.65. The zero-order valence-corrected chi connectivity index (χ0v) is 9.85. The van der Waals surface area contributed by atoms with Crippen LogP contribution in [0.25, 0.3) is 11.0 Å². The molecule has 19 heavy (non-hydrogen) atoms. The molecule has 0 aromatic carbocycles. The van der Waals surface area contributed by atoms with E-state index in [1.807, 2.05) is 0 Å². The Morgan fingerprint density at radius 1 is 1.47 bits per heavy atom. The SMILES string of the molecule is Nc1cc2c(cn1)ncn2[C@@H]1O[C@H](CO)[C@@H](O)[C@H]1F. The van der Waals surface area contributed by atoms with Crippen molar-refractivity contribution in [3.8, 4) is 0 Å². The van der Waals surface area contributed by atoms with Crippen LogP contribution in [0.5, 0.6) is 0 Å². The van der Waals surface area contributed by atoms with Gasteiger partial charge < -0.3 is 25.3 Å². The van der Waals surface area contributed by atoms with Crippen LogP contribution >= 0.6 is 0 Å². The van der Waals surface area contributed by atoms with Gasteiger partial charge in [0, 0.05) is 6.07 Å². The molecule has 102 valence electrons. The van der Waals surface area contributed by atoms with Crippen molar-refractivity contribution < 1.29 is 19.3 Å². The summed E-state index contributed by atoms with van der Waals surface area (Å²) in [6, 6.07) is 1.55. The standard InChI is InChI=1S/C11H13FN4O3/c12-9-10(18)7(3-17)19-11(9)16-4-15-5-2-14-8(13)1-6(5)16/h1-2,4,7,9-11,17-18H,3H2,(H2,13,14)/t7-,9-,10-,11-/m1/s1. The molecule has 0 radical (unpaired) electrons. The molecule has 1 aliphatic rings. The van der Waals surface area contributed by atoms with Gasteiger partial charge in [0.15, 0.2) is 12.4 Å². The first-order valence-corrected chi connectivity index (χ1v) is 5.78. The van der Waals surface area contributed by atoms with Crippen molar-refractivity contribution in [2.75, 3.05) is 12.3 Å². The average molecular weight is 268 g/mol. The number of hydrogen-bond donors (Lipinski definition) is 3. The molecule has 0 saturated carbocycles. The normalized spacial score (nSPS) is 31.1. The van der Waals surface area contributed by atoms with E-state index in [2.05, 4.69) is 9.97 Å². The number of rotatable bonds is 2. The van der Waals surface area contributed by atoms with E-state index in [4.69, 9.17) is 15.6 Å². The van der Waals surface area contributed by atoms with Gasteiger partial charge in [0.05, 0.1) is 24.6 Å². The first-order valence-electron chi connectivity index (χ1n) is 5.78. The summed E-state index contributed by atoms with van der Waals surface area (Å²) < 4.78 is 20.8. The number of imidazole rings is 1. The zero-order chi connectivity index (χ0) is 13.6. The van der Waals surface area contributed by atoms with Crippen LogP contribution < -0.4 is 5.73 Å². The molecule has 7 nitrogen and oxygen atoms in total. The van der Waals surface area contributed by atoms with Gasteiger partial charge in [0.2, 0.25) is 0 Å². The number of nitrogen functional groups attached to an aromatic ring is 1. The van der Waals surface area contributed by atoms with Gasteiger partial charge in [-0.3, -0.25) is 0 Å². The molecule has 3 rings (SSSR count). The molecular formula is C11H13FN4O3. The molecule has 4 N–H and O–H groups in total. The first kappa shape index (κ1) is 12.3. The van der Waals surface area contributed by atoms with Crippen molar-refractivity contribution in [1.82, 2.24) is 14.5 Å². The largest absolute Gasteiger partial charge is 0.394 e. The number of halogens is 1. The molecule has 4 atom stereocenters.